The highest BCUT2D eigenvalue weighted by atomic mass is 16.5. The fraction of sp³-hybridized carbons (Fsp3) is 0.231. The van der Waals surface area contributed by atoms with Crippen LogP contribution in [0.1, 0.15) is 29.2 Å². The van der Waals surface area contributed by atoms with Crippen LogP contribution in [0.4, 0.5) is 4.79 Å². The predicted octanol–water partition coefficient (Wildman–Crippen LogP) is 4.29. The Morgan fingerprint density at radius 1 is 0.939 bits per heavy atom. The van der Waals surface area contributed by atoms with Crippen LogP contribution in [0.5, 0.6) is 5.75 Å². The maximum Gasteiger partial charge on any atom is 0.341 e. The van der Waals surface area contributed by atoms with Crippen molar-refractivity contribution in [3.8, 4) is 5.75 Å². The van der Waals surface area contributed by atoms with Gasteiger partial charge in [0.2, 0.25) is 0 Å². The zero-order valence-corrected chi connectivity index (χ0v) is 18.3. The molecule has 2 aromatic carbocycles. The average molecular weight is 444 g/mol. The van der Waals surface area contributed by atoms with Crippen molar-refractivity contribution in [2.24, 2.45) is 10.9 Å². The molecule has 1 aliphatic heterocycles. The highest BCUT2D eigenvalue weighted by molar-refractivity contribution is 6.09. The van der Waals surface area contributed by atoms with Crippen LogP contribution >= 0.6 is 0 Å². The molecule has 0 bridgehead atoms. The SMILES string of the molecule is COc1ccc(CCC2=NC(=O)NC(c3ccncc3)C2C(=O)OCc2ccccc2)cc1. The highest BCUT2D eigenvalue weighted by Crippen LogP contribution is 2.30. The average Bonchev–Trinajstić information content (AvgIpc) is 2.87. The standard InChI is InChI=1S/C26H25N3O4/c1-32-21-10-7-18(8-11-21)9-12-22-23(25(30)33-17-19-5-3-2-4-6-19)24(29-26(31)28-22)20-13-15-27-16-14-20/h2-8,10-11,13-16,23-24H,9,12,17H2,1H3,(H,29,31). The molecule has 0 aliphatic carbocycles. The van der Waals surface area contributed by atoms with Gasteiger partial charge in [0, 0.05) is 18.1 Å². The molecule has 1 aromatic heterocycles. The van der Waals surface area contributed by atoms with Gasteiger partial charge in [0.15, 0.2) is 0 Å². The molecule has 0 saturated heterocycles. The largest absolute Gasteiger partial charge is 0.497 e. The second-order valence-corrected chi connectivity index (χ2v) is 7.73. The molecule has 168 valence electrons. The molecule has 2 atom stereocenters. The first-order valence-electron chi connectivity index (χ1n) is 10.8. The Bertz CT molecular complexity index is 1120. The van der Waals surface area contributed by atoms with Gasteiger partial charge in [-0.25, -0.2) is 9.79 Å². The molecular weight excluding hydrogens is 418 g/mol. The minimum Gasteiger partial charge on any atom is -0.497 e. The number of aryl methyl sites for hydroxylation is 1. The second kappa shape index (κ2) is 10.5. The quantitative estimate of drug-likeness (QED) is 0.525. The fourth-order valence-corrected chi connectivity index (χ4v) is 3.85. The van der Waals surface area contributed by atoms with Gasteiger partial charge >= 0.3 is 12.0 Å². The number of benzene rings is 2. The first-order chi connectivity index (χ1) is 16.1. The zero-order valence-electron chi connectivity index (χ0n) is 18.3. The van der Waals surface area contributed by atoms with E-state index in [0.717, 1.165) is 22.4 Å². The molecule has 2 unspecified atom stereocenters. The number of carbonyl (C=O) groups is 2. The van der Waals surface area contributed by atoms with Gasteiger partial charge in [0.1, 0.15) is 18.3 Å². The topological polar surface area (TPSA) is 89.9 Å². The molecule has 0 fully saturated rings. The molecule has 1 aliphatic rings. The van der Waals surface area contributed by atoms with Crippen LogP contribution < -0.4 is 10.1 Å². The van der Waals surface area contributed by atoms with Crippen molar-refractivity contribution in [3.05, 3.63) is 95.8 Å². The van der Waals surface area contributed by atoms with Gasteiger partial charge in [0.25, 0.3) is 0 Å². The van der Waals surface area contributed by atoms with Crippen LogP contribution in [0.2, 0.25) is 0 Å². The van der Waals surface area contributed by atoms with E-state index in [9.17, 15) is 9.59 Å². The van der Waals surface area contributed by atoms with Crippen LogP contribution in [0, 0.1) is 5.92 Å². The first-order valence-corrected chi connectivity index (χ1v) is 10.8. The number of hydrogen-bond donors (Lipinski definition) is 1. The van der Waals surface area contributed by atoms with E-state index in [0.29, 0.717) is 18.6 Å². The number of nitrogens with one attached hydrogen (secondary N) is 1. The second-order valence-electron chi connectivity index (χ2n) is 7.73. The lowest BCUT2D eigenvalue weighted by atomic mass is 9.85. The number of aromatic nitrogens is 1. The molecule has 0 spiro atoms. The van der Waals surface area contributed by atoms with Gasteiger partial charge in [-0.1, -0.05) is 42.5 Å². The van der Waals surface area contributed by atoms with Gasteiger partial charge in [-0.05, 0) is 53.8 Å². The molecule has 2 heterocycles. The van der Waals surface area contributed by atoms with Crippen molar-refractivity contribution in [2.75, 3.05) is 7.11 Å². The maximum absolute atomic E-state index is 13.3. The van der Waals surface area contributed by atoms with E-state index in [1.54, 1.807) is 31.6 Å². The van der Waals surface area contributed by atoms with Crippen LogP contribution in [-0.2, 0) is 22.6 Å². The van der Waals surface area contributed by atoms with E-state index < -0.39 is 24.0 Å². The summed E-state index contributed by atoms with van der Waals surface area (Å²) in [6.45, 7) is 0.152. The summed E-state index contributed by atoms with van der Waals surface area (Å²) in [4.78, 5) is 33.9. The Labute approximate surface area is 192 Å². The van der Waals surface area contributed by atoms with E-state index in [4.69, 9.17) is 9.47 Å². The number of pyridine rings is 1. The Hall–Kier alpha value is -4.00. The number of aliphatic imine (C=N–C) groups is 1. The minimum atomic E-state index is -0.730. The summed E-state index contributed by atoms with van der Waals surface area (Å²) in [6.07, 6.45) is 4.35. The molecule has 0 saturated carbocycles. The summed E-state index contributed by atoms with van der Waals surface area (Å²) in [5.74, 6) is -0.380. The van der Waals surface area contributed by atoms with E-state index in [1.807, 2.05) is 54.6 Å². The van der Waals surface area contributed by atoms with Crippen molar-refractivity contribution in [3.63, 3.8) is 0 Å². The van der Waals surface area contributed by atoms with E-state index in [-0.39, 0.29) is 6.61 Å². The number of carbonyl (C=O) groups excluding carboxylic acids is 2. The smallest absolute Gasteiger partial charge is 0.341 e. The molecule has 1 N–H and O–H groups in total. The zero-order chi connectivity index (χ0) is 23.0. The molecule has 7 heteroatoms. The molecule has 7 nitrogen and oxygen atoms in total. The number of rotatable bonds is 8. The Kier molecular flexibility index (Phi) is 7.09. The number of methoxy groups -OCH3 is 1. The van der Waals surface area contributed by atoms with Gasteiger partial charge in [-0.3, -0.25) is 9.78 Å². The third kappa shape index (κ3) is 5.63. The maximum atomic E-state index is 13.3. The minimum absolute atomic E-state index is 0.152. The summed E-state index contributed by atoms with van der Waals surface area (Å²) in [5.41, 5.74) is 3.23. The molecule has 33 heavy (non-hydrogen) atoms. The number of amides is 2. The van der Waals surface area contributed by atoms with Crippen molar-refractivity contribution >= 4 is 17.7 Å². The Morgan fingerprint density at radius 3 is 2.36 bits per heavy atom. The number of nitrogens with zero attached hydrogens (tertiary/aromatic N) is 2. The van der Waals surface area contributed by atoms with Crippen LogP contribution in [0.15, 0.2) is 84.1 Å². The number of esters is 1. The third-order valence-electron chi connectivity index (χ3n) is 5.59. The molecular formula is C26H25N3O4. The Balaban J connectivity index is 1.56. The lowest BCUT2D eigenvalue weighted by molar-refractivity contribution is -0.148. The van der Waals surface area contributed by atoms with Gasteiger partial charge in [-0.2, -0.15) is 0 Å². The third-order valence-corrected chi connectivity index (χ3v) is 5.59. The molecule has 2 amide bonds. The molecule has 0 radical (unpaired) electrons. The van der Waals surface area contributed by atoms with E-state index in [2.05, 4.69) is 15.3 Å². The monoisotopic (exact) mass is 443 g/mol. The summed E-state index contributed by atoms with van der Waals surface area (Å²) < 4.78 is 10.9. The van der Waals surface area contributed by atoms with Crippen LogP contribution in [-0.4, -0.2) is 29.8 Å². The molecule has 4 rings (SSSR count). The fourth-order valence-electron chi connectivity index (χ4n) is 3.85. The lowest BCUT2D eigenvalue weighted by Gasteiger charge is -2.31. The summed E-state index contributed by atoms with van der Waals surface area (Å²) >= 11 is 0. The number of hydrogen-bond acceptors (Lipinski definition) is 5. The van der Waals surface area contributed by atoms with Gasteiger partial charge in [-0.15, -0.1) is 0 Å². The van der Waals surface area contributed by atoms with Gasteiger partial charge in [0.05, 0.1) is 13.2 Å². The predicted molar refractivity (Wildman–Crippen MR) is 124 cm³/mol. The normalized spacial score (nSPS) is 17.6. The van der Waals surface area contributed by atoms with E-state index >= 15 is 0 Å². The van der Waals surface area contributed by atoms with Crippen molar-refractivity contribution in [1.82, 2.24) is 10.3 Å². The summed E-state index contributed by atoms with van der Waals surface area (Å²) in [7, 11) is 1.62. The van der Waals surface area contributed by atoms with Crippen molar-refractivity contribution in [2.45, 2.75) is 25.5 Å². The van der Waals surface area contributed by atoms with Crippen molar-refractivity contribution in [1.29, 1.82) is 0 Å². The van der Waals surface area contributed by atoms with E-state index in [1.165, 1.54) is 0 Å². The summed E-state index contributed by atoms with van der Waals surface area (Å²) in [5, 5.41) is 2.83. The molecule has 3 aromatic rings. The highest BCUT2D eigenvalue weighted by Gasteiger charge is 2.39. The first kappa shape index (κ1) is 22.2. The Morgan fingerprint density at radius 2 is 1.67 bits per heavy atom. The van der Waals surface area contributed by atoms with Crippen LogP contribution in [0.25, 0.3) is 0 Å². The van der Waals surface area contributed by atoms with Crippen molar-refractivity contribution < 1.29 is 19.1 Å². The number of urea groups is 1. The van der Waals surface area contributed by atoms with Crippen LogP contribution in [0.3, 0.4) is 0 Å². The van der Waals surface area contributed by atoms with Gasteiger partial charge < -0.3 is 14.8 Å². The lowest BCUT2D eigenvalue weighted by Crippen LogP contribution is -2.45. The number of ether oxygens (including phenoxy) is 2. The summed E-state index contributed by atoms with van der Waals surface area (Å²) in [6, 6.07) is 19.7.